The van der Waals surface area contributed by atoms with Crippen molar-refractivity contribution in [3.63, 3.8) is 0 Å². The summed E-state index contributed by atoms with van der Waals surface area (Å²) in [6.07, 6.45) is 2.71. The molecule has 0 saturated carbocycles. The van der Waals surface area contributed by atoms with Gasteiger partial charge in [0.05, 0.1) is 23.3 Å². The highest BCUT2D eigenvalue weighted by Gasteiger charge is 2.08. The SMILES string of the molecule is COc1ccc(Oc2cncc(C(=O)O)c2)c(Br)c1. The average Bonchev–Trinajstić information content (AvgIpc) is 2.41. The van der Waals surface area contributed by atoms with E-state index in [0.717, 1.165) is 0 Å². The molecular weight excluding hydrogens is 314 g/mol. The molecule has 98 valence electrons. The number of carbonyl (C=O) groups is 1. The van der Waals surface area contributed by atoms with Gasteiger partial charge in [0, 0.05) is 6.20 Å². The highest BCUT2D eigenvalue weighted by molar-refractivity contribution is 9.10. The van der Waals surface area contributed by atoms with Crippen molar-refractivity contribution < 1.29 is 19.4 Å². The minimum atomic E-state index is -1.05. The van der Waals surface area contributed by atoms with Crippen LogP contribution in [0.15, 0.2) is 41.1 Å². The van der Waals surface area contributed by atoms with Crippen LogP contribution in [0.2, 0.25) is 0 Å². The molecule has 0 aliphatic heterocycles. The van der Waals surface area contributed by atoms with Crippen LogP contribution in [0.3, 0.4) is 0 Å². The van der Waals surface area contributed by atoms with Crippen molar-refractivity contribution in [2.24, 2.45) is 0 Å². The number of carboxylic acids is 1. The average molecular weight is 324 g/mol. The van der Waals surface area contributed by atoms with Gasteiger partial charge in [0.1, 0.15) is 17.2 Å². The topological polar surface area (TPSA) is 68.7 Å². The van der Waals surface area contributed by atoms with E-state index in [-0.39, 0.29) is 5.56 Å². The van der Waals surface area contributed by atoms with Gasteiger partial charge in [-0.1, -0.05) is 0 Å². The lowest BCUT2D eigenvalue weighted by Gasteiger charge is -2.09. The lowest BCUT2D eigenvalue weighted by atomic mass is 10.3. The second kappa shape index (κ2) is 5.71. The Morgan fingerprint density at radius 1 is 1.26 bits per heavy atom. The van der Waals surface area contributed by atoms with Gasteiger partial charge in [-0.15, -0.1) is 0 Å². The van der Waals surface area contributed by atoms with Gasteiger partial charge in [0.15, 0.2) is 0 Å². The first kappa shape index (κ1) is 13.4. The Morgan fingerprint density at radius 3 is 2.68 bits per heavy atom. The van der Waals surface area contributed by atoms with E-state index < -0.39 is 5.97 Å². The molecule has 1 aromatic carbocycles. The van der Waals surface area contributed by atoms with Crippen LogP contribution in [-0.4, -0.2) is 23.2 Å². The molecule has 0 saturated heterocycles. The Kier molecular flexibility index (Phi) is 4.01. The first-order valence-corrected chi connectivity index (χ1v) is 6.09. The van der Waals surface area contributed by atoms with Gasteiger partial charge >= 0.3 is 5.97 Å². The van der Waals surface area contributed by atoms with Gasteiger partial charge in [-0.05, 0) is 40.2 Å². The van der Waals surface area contributed by atoms with Gasteiger partial charge < -0.3 is 14.6 Å². The number of carboxylic acid groups (broad SMARTS) is 1. The third kappa shape index (κ3) is 3.23. The molecule has 19 heavy (non-hydrogen) atoms. The molecule has 0 aliphatic carbocycles. The number of rotatable bonds is 4. The molecule has 0 bridgehead atoms. The van der Waals surface area contributed by atoms with Crippen LogP contribution in [-0.2, 0) is 0 Å². The van der Waals surface area contributed by atoms with E-state index in [9.17, 15) is 4.79 Å². The third-order valence-corrected chi connectivity index (χ3v) is 2.95. The number of ether oxygens (including phenoxy) is 2. The van der Waals surface area contributed by atoms with E-state index in [4.69, 9.17) is 14.6 Å². The minimum Gasteiger partial charge on any atom is -0.497 e. The molecule has 0 atom stereocenters. The van der Waals surface area contributed by atoms with Crippen molar-refractivity contribution in [2.45, 2.75) is 0 Å². The molecule has 0 unspecified atom stereocenters. The number of aromatic carboxylic acids is 1. The molecule has 0 radical (unpaired) electrons. The number of halogens is 1. The van der Waals surface area contributed by atoms with Crippen molar-refractivity contribution in [3.8, 4) is 17.2 Å². The van der Waals surface area contributed by atoms with Crippen LogP contribution >= 0.6 is 15.9 Å². The van der Waals surface area contributed by atoms with Crippen LogP contribution in [0.4, 0.5) is 0 Å². The number of benzene rings is 1. The molecule has 1 heterocycles. The fourth-order valence-electron chi connectivity index (χ4n) is 1.41. The second-order valence-corrected chi connectivity index (χ2v) is 4.47. The lowest BCUT2D eigenvalue weighted by molar-refractivity contribution is 0.0696. The van der Waals surface area contributed by atoms with E-state index in [0.29, 0.717) is 21.7 Å². The molecule has 5 nitrogen and oxygen atoms in total. The van der Waals surface area contributed by atoms with Crippen LogP contribution in [0.25, 0.3) is 0 Å². The zero-order valence-electron chi connectivity index (χ0n) is 9.96. The summed E-state index contributed by atoms with van der Waals surface area (Å²) < 4.78 is 11.3. The third-order valence-electron chi connectivity index (χ3n) is 2.33. The predicted molar refractivity (Wildman–Crippen MR) is 72.0 cm³/mol. The Balaban J connectivity index is 2.26. The Labute approximate surface area is 117 Å². The maximum atomic E-state index is 10.8. The Bertz CT molecular complexity index is 615. The largest absolute Gasteiger partial charge is 0.497 e. The van der Waals surface area contributed by atoms with Gasteiger partial charge in [0.25, 0.3) is 0 Å². The summed E-state index contributed by atoms with van der Waals surface area (Å²) in [5, 5.41) is 8.88. The number of methoxy groups -OCH3 is 1. The minimum absolute atomic E-state index is 0.0714. The molecule has 1 aromatic heterocycles. The van der Waals surface area contributed by atoms with Crippen molar-refractivity contribution in [2.75, 3.05) is 7.11 Å². The number of aromatic nitrogens is 1. The molecule has 2 rings (SSSR count). The van der Waals surface area contributed by atoms with Crippen molar-refractivity contribution in [3.05, 3.63) is 46.7 Å². The molecule has 2 aromatic rings. The van der Waals surface area contributed by atoms with E-state index in [1.54, 1.807) is 25.3 Å². The monoisotopic (exact) mass is 323 g/mol. The number of pyridine rings is 1. The normalized spacial score (nSPS) is 10.0. The van der Waals surface area contributed by atoms with Crippen LogP contribution in [0.1, 0.15) is 10.4 Å². The lowest BCUT2D eigenvalue weighted by Crippen LogP contribution is -1.97. The van der Waals surface area contributed by atoms with E-state index in [1.807, 2.05) is 0 Å². The van der Waals surface area contributed by atoms with Gasteiger partial charge in [0.2, 0.25) is 0 Å². The van der Waals surface area contributed by atoms with Gasteiger partial charge in [-0.2, -0.15) is 0 Å². The summed E-state index contributed by atoms with van der Waals surface area (Å²) in [4.78, 5) is 14.7. The highest BCUT2D eigenvalue weighted by atomic mass is 79.9. The summed E-state index contributed by atoms with van der Waals surface area (Å²) in [7, 11) is 1.57. The fourth-order valence-corrected chi connectivity index (χ4v) is 1.85. The molecular formula is C13H10BrNO4. The quantitative estimate of drug-likeness (QED) is 0.934. The van der Waals surface area contributed by atoms with E-state index in [2.05, 4.69) is 20.9 Å². The van der Waals surface area contributed by atoms with Crippen molar-refractivity contribution >= 4 is 21.9 Å². The summed E-state index contributed by atoms with van der Waals surface area (Å²) >= 11 is 3.35. The van der Waals surface area contributed by atoms with Crippen molar-refractivity contribution in [1.82, 2.24) is 4.98 Å². The number of hydrogen-bond donors (Lipinski definition) is 1. The molecule has 0 amide bonds. The molecule has 0 aliphatic rings. The summed E-state index contributed by atoms with van der Waals surface area (Å²) in [6, 6.07) is 6.63. The molecule has 1 N–H and O–H groups in total. The smallest absolute Gasteiger partial charge is 0.337 e. The molecule has 0 spiro atoms. The van der Waals surface area contributed by atoms with Gasteiger partial charge in [-0.25, -0.2) is 4.79 Å². The van der Waals surface area contributed by atoms with Crippen LogP contribution < -0.4 is 9.47 Å². The molecule has 0 fully saturated rings. The number of nitrogens with zero attached hydrogens (tertiary/aromatic N) is 1. The zero-order valence-corrected chi connectivity index (χ0v) is 11.5. The maximum Gasteiger partial charge on any atom is 0.337 e. The first-order valence-electron chi connectivity index (χ1n) is 5.30. The fraction of sp³-hybridized carbons (Fsp3) is 0.0769. The Morgan fingerprint density at radius 2 is 2.05 bits per heavy atom. The Hall–Kier alpha value is -2.08. The van der Waals surface area contributed by atoms with E-state index >= 15 is 0 Å². The predicted octanol–water partition coefficient (Wildman–Crippen LogP) is 3.34. The highest BCUT2D eigenvalue weighted by Crippen LogP contribution is 2.32. The van der Waals surface area contributed by atoms with Crippen molar-refractivity contribution in [1.29, 1.82) is 0 Å². The zero-order chi connectivity index (χ0) is 13.8. The van der Waals surface area contributed by atoms with Crippen LogP contribution in [0.5, 0.6) is 17.2 Å². The van der Waals surface area contributed by atoms with E-state index in [1.165, 1.54) is 18.5 Å². The van der Waals surface area contributed by atoms with Crippen LogP contribution in [0, 0.1) is 0 Å². The van der Waals surface area contributed by atoms with Gasteiger partial charge in [-0.3, -0.25) is 4.98 Å². The second-order valence-electron chi connectivity index (χ2n) is 3.61. The summed E-state index contributed by atoms with van der Waals surface area (Å²) in [5.41, 5.74) is 0.0714. The number of hydrogen-bond acceptors (Lipinski definition) is 4. The summed E-state index contributed by atoms with van der Waals surface area (Å²) in [5.74, 6) is 0.541. The standard InChI is InChI=1S/C13H10BrNO4/c1-18-9-2-3-12(11(14)5-9)19-10-4-8(13(16)17)6-15-7-10/h2-7H,1H3,(H,16,17). The summed E-state index contributed by atoms with van der Waals surface area (Å²) in [6.45, 7) is 0. The first-order chi connectivity index (χ1) is 9.10. The maximum absolute atomic E-state index is 10.8. The molecule has 6 heteroatoms.